The number of nitrogens with zero attached hydrogens (tertiary/aromatic N) is 3. The molecule has 82 valence electrons. The Morgan fingerprint density at radius 1 is 1.67 bits per heavy atom. The highest BCUT2D eigenvalue weighted by Gasteiger charge is 2.21. The molecule has 0 bridgehead atoms. The number of hydrogen-bond acceptors (Lipinski definition) is 5. The van der Waals surface area contributed by atoms with Crippen LogP contribution >= 0.6 is 0 Å². The van der Waals surface area contributed by atoms with Gasteiger partial charge in [0.15, 0.2) is 0 Å². The summed E-state index contributed by atoms with van der Waals surface area (Å²) in [6, 6.07) is 0. The Balaban J connectivity index is 2.34. The fourth-order valence-electron chi connectivity index (χ4n) is 1.36. The van der Waals surface area contributed by atoms with Crippen LogP contribution in [0.2, 0.25) is 0 Å². The second kappa shape index (κ2) is 5.94. The number of oxime groups is 1. The predicted molar refractivity (Wildman–Crippen MR) is 57.3 cm³/mol. The Morgan fingerprint density at radius 3 is 3.13 bits per heavy atom. The molecule has 1 heterocycles. The van der Waals surface area contributed by atoms with Crippen LogP contribution in [-0.4, -0.2) is 54.2 Å². The number of rotatable bonds is 5. The van der Waals surface area contributed by atoms with Crippen LogP contribution in [0.3, 0.4) is 0 Å². The van der Waals surface area contributed by atoms with Gasteiger partial charge in [-0.2, -0.15) is 0 Å². The van der Waals surface area contributed by atoms with Crippen molar-refractivity contribution in [2.75, 3.05) is 26.8 Å². The molecule has 0 aromatic rings. The molecule has 0 amide bonds. The van der Waals surface area contributed by atoms with Gasteiger partial charge in [-0.25, -0.2) is 0 Å². The Kier molecular flexibility index (Phi) is 4.51. The lowest BCUT2D eigenvalue weighted by Crippen LogP contribution is -2.39. The van der Waals surface area contributed by atoms with E-state index in [2.05, 4.69) is 11.1 Å². The summed E-state index contributed by atoms with van der Waals surface area (Å²) in [4.78, 5) is 3.93. The summed E-state index contributed by atoms with van der Waals surface area (Å²) in [6.45, 7) is 1.59. The highest BCUT2D eigenvalue weighted by Crippen LogP contribution is 2.11. The zero-order valence-corrected chi connectivity index (χ0v) is 8.71. The molecule has 1 N–H and O–H groups in total. The molecule has 5 nitrogen and oxygen atoms in total. The molecule has 1 aliphatic rings. The first kappa shape index (κ1) is 11.4. The monoisotopic (exact) mass is 209 g/mol. The van der Waals surface area contributed by atoms with Crippen molar-refractivity contribution in [3.05, 3.63) is 12.4 Å². The summed E-state index contributed by atoms with van der Waals surface area (Å²) in [7, 11) is 1.91. The van der Waals surface area contributed by atoms with Crippen LogP contribution in [0.5, 0.6) is 0 Å². The third kappa shape index (κ3) is 3.18. The molecule has 0 aliphatic carbocycles. The van der Waals surface area contributed by atoms with E-state index in [1.165, 1.54) is 6.21 Å². The first-order valence-corrected chi connectivity index (χ1v) is 4.64. The molecule has 0 aromatic carbocycles. The summed E-state index contributed by atoms with van der Waals surface area (Å²) < 4.78 is 5.17. The lowest BCUT2D eigenvalue weighted by molar-refractivity contribution is 0.127. The van der Waals surface area contributed by atoms with Gasteiger partial charge in [0.2, 0.25) is 0 Å². The van der Waals surface area contributed by atoms with Crippen molar-refractivity contribution in [2.45, 2.75) is 6.17 Å². The van der Waals surface area contributed by atoms with Gasteiger partial charge in [-0.3, -0.25) is 0 Å². The average Bonchev–Trinajstić information content (AvgIpc) is 2.57. The van der Waals surface area contributed by atoms with Gasteiger partial charge in [0.1, 0.15) is 12.8 Å². The van der Waals surface area contributed by atoms with Gasteiger partial charge < -0.3 is 19.7 Å². The van der Waals surface area contributed by atoms with Gasteiger partial charge in [-0.05, 0) is 0 Å². The van der Waals surface area contributed by atoms with Crippen LogP contribution < -0.4 is 0 Å². The van der Waals surface area contributed by atoms with E-state index in [1.54, 1.807) is 0 Å². The van der Waals surface area contributed by atoms with Crippen LogP contribution in [0.15, 0.2) is 17.6 Å². The van der Waals surface area contributed by atoms with Crippen molar-refractivity contribution in [1.29, 1.82) is 0 Å². The van der Waals surface area contributed by atoms with Crippen LogP contribution in [0.1, 0.15) is 0 Å². The molecule has 0 fully saturated rings. The third-order valence-corrected chi connectivity index (χ3v) is 2.13. The zero-order chi connectivity index (χ0) is 11.1. The lowest BCUT2D eigenvalue weighted by Gasteiger charge is -2.26. The van der Waals surface area contributed by atoms with Crippen LogP contribution in [0, 0.1) is 12.3 Å². The average molecular weight is 209 g/mol. The molecule has 0 spiro atoms. The summed E-state index contributed by atoms with van der Waals surface area (Å²) in [5.74, 6) is 2.40. The van der Waals surface area contributed by atoms with Gasteiger partial charge in [0.25, 0.3) is 0 Å². The first-order valence-electron chi connectivity index (χ1n) is 4.64. The van der Waals surface area contributed by atoms with Crippen molar-refractivity contribution in [3.63, 3.8) is 0 Å². The van der Waals surface area contributed by atoms with Gasteiger partial charge in [0, 0.05) is 26.0 Å². The van der Waals surface area contributed by atoms with E-state index >= 15 is 0 Å². The summed E-state index contributed by atoms with van der Waals surface area (Å²) in [5.41, 5.74) is 0. The highest BCUT2D eigenvalue weighted by atomic mass is 16.5. The lowest BCUT2D eigenvalue weighted by atomic mass is 10.4. The Labute approximate surface area is 89.6 Å². The minimum atomic E-state index is -0.0514. The highest BCUT2D eigenvalue weighted by molar-refractivity contribution is 5.64. The van der Waals surface area contributed by atoms with Crippen LogP contribution in [0.25, 0.3) is 0 Å². The fraction of sp³-hybridized carbons (Fsp3) is 0.500. The van der Waals surface area contributed by atoms with E-state index in [-0.39, 0.29) is 6.17 Å². The van der Waals surface area contributed by atoms with Gasteiger partial charge >= 0.3 is 0 Å². The van der Waals surface area contributed by atoms with Crippen LogP contribution in [-0.2, 0) is 4.74 Å². The van der Waals surface area contributed by atoms with Crippen molar-refractivity contribution < 1.29 is 9.94 Å². The Morgan fingerprint density at radius 2 is 2.47 bits per heavy atom. The number of terminal acetylenes is 1. The van der Waals surface area contributed by atoms with E-state index in [1.807, 2.05) is 29.2 Å². The van der Waals surface area contributed by atoms with E-state index in [0.717, 1.165) is 0 Å². The molecule has 15 heavy (non-hydrogen) atoms. The predicted octanol–water partition coefficient (Wildman–Crippen LogP) is 0.141. The number of hydrogen-bond donors (Lipinski definition) is 1. The normalized spacial score (nSPS) is 20.1. The van der Waals surface area contributed by atoms with Gasteiger partial charge in [-0.1, -0.05) is 11.1 Å². The molecule has 0 saturated heterocycles. The minimum Gasteiger partial charge on any atom is -0.411 e. The van der Waals surface area contributed by atoms with E-state index < -0.39 is 0 Å². The molecule has 0 saturated carbocycles. The van der Waals surface area contributed by atoms with E-state index in [0.29, 0.717) is 19.8 Å². The number of ether oxygens (including phenoxy) is 1. The summed E-state index contributed by atoms with van der Waals surface area (Å²) in [5, 5.41) is 11.5. The maximum absolute atomic E-state index is 8.50. The van der Waals surface area contributed by atoms with Gasteiger partial charge in [0.05, 0.1) is 12.8 Å². The SMILES string of the molecule is C#CCOCCN1C=CN(C)C1C=NO. The van der Waals surface area contributed by atoms with Crippen molar-refractivity contribution in [1.82, 2.24) is 9.80 Å². The second-order valence-corrected chi connectivity index (χ2v) is 3.14. The molecule has 5 heteroatoms. The van der Waals surface area contributed by atoms with E-state index in [9.17, 15) is 0 Å². The largest absolute Gasteiger partial charge is 0.411 e. The fourth-order valence-corrected chi connectivity index (χ4v) is 1.36. The van der Waals surface area contributed by atoms with E-state index in [4.69, 9.17) is 16.4 Å². The summed E-state index contributed by atoms with van der Waals surface area (Å²) >= 11 is 0. The molecule has 1 unspecified atom stereocenters. The molecular weight excluding hydrogens is 194 g/mol. The van der Waals surface area contributed by atoms with Gasteiger partial charge in [-0.15, -0.1) is 6.42 Å². The van der Waals surface area contributed by atoms with Crippen molar-refractivity contribution >= 4 is 6.21 Å². The molecule has 0 radical (unpaired) electrons. The standard InChI is InChI=1S/C10H15N3O2/c1-3-7-15-8-6-13-5-4-12(2)10(13)9-11-14/h1,4-5,9-10,14H,6-8H2,2H3. The second-order valence-electron chi connectivity index (χ2n) is 3.14. The maximum atomic E-state index is 8.50. The molecular formula is C10H15N3O2. The molecule has 1 rings (SSSR count). The molecule has 1 atom stereocenters. The Bertz CT molecular complexity index is 283. The van der Waals surface area contributed by atoms with Crippen LogP contribution in [0.4, 0.5) is 0 Å². The minimum absolute atomic E-state index is 0.0514. The smallest absolute Gasteiger partial charge is 0.141 e. The van der Waals surface area contributed by atoms with Crippen molar-refractivity contribution in [3.8, 4) is 12.3 Å². The zero-order valence-electron chi connectivity index (χ0n) is 8.71. The quantitative estimate of drug-likeness (QED) is 0.230. The molecule has 1 aliphatic heterocycles. The topological polar surface area (TPSA) is 48.3 Å². The molecule has 0 aromatic heterocycles. The first-order chi connectivity index (χ1) is 7.29. The Hall–Kier alpha value is -1.67. The summed E-state index contributed by atoms with van der Waals surface area (Å²) in [6.07, 6.45) is 10.3. The third-order valence-electron chi connectivity index (χ3n) is 2.13. The van der Waals surface area contributed by atoms with Crippen molar-refractivity contribution in [2.24, 2.45) is 5.16 Å². The maximum Gasteiger partial charge on any atom is 0.141 e.